The fourth-order valence-corrected chi connectivity index (χ4v) is 6.62. The second-order valence-electron chi connectivity index (χ2n) is 8.40. The van der Waals surface area contributed by atoms with Gasteiger partial charge in [0, 0.05) is 41.9 Å². The molecule has 0 bridgehead atoms. The Kier molecular flexibility index (Phi) is 3.91. The molecular weight excluding hydrogens is 370 g/mol. The number of carbonyl (C=O) groups is 1. The quantitative estimate of drug-likeness (QED) is 0.863. The van der Waals surface area contributed by atoms with Crippen molar-refractivity contribution in [2.75, 3.05) is 43.0 Å². The van der Waals surface area contributed by atoms with Gasteiger partial charge in [-0.15, -0.1) is 11.3 Å². The molecule has 0 saturated carbocycles. The van der Waals surface area contributed by atoms with Crippen LogP contribution < -0.4 is 15.0 Å². The molecule has 0 radical (unpaired) electrons. The summed E-state index contributed by atoms with van der Waals surface area (Å²) in [7, 11) is 0. The lowest BCUT2D eigenvalue weighted by molar-refractivity contribution is -0.115. The van der Waals surface area contributed by atoms with Crippen LogP contribution in [0.3, 0.4) is 0 Å². The van der Waals surface area contributed by atoms with E-state index in [1.807, 2.05) is 17.4 Å². The molecule has 2 atom stereocenters. The summed E-state index contributed by atoms with van der Waals surface area (Å²) >= 11 is 1.87. The molecule has 6 heteroatoms. The zero-order chi connectivity index (χ0) is 18.7. The number of anilines is 2. The number of nitrogens with one attached hydrogen (secondary N) is 1. The first-order valence-electron chi connectivity index (χ1n) is 10.4. The van der Waals surface area contributed by atoms with Crippen LogP contribution in [0.25, 0.3) is 0 Å². The highest BCUT2D eigenvalue weighted by atomic mass is 32.1. The van der Waals surface area contributed by atoms with Crippen molar-refractivity contribution in [1.29, 1.82) is 0 Å². The third-order valence-corrected chi connectivity index (χ3v) is 7.86. The summed E-state index contributed by atoms with van der Waals surface area (Å²) < 4.78 is 5.82. The molecule has 1 fully saturated rings. The number of benzene rings is 1. The summed E-state index contributed by atoms with van der Waals surface area (Å²) in [6.45, 7) is 4.74. The highest BCUT2D eigenvalue weighted by molar-refractivity contribution is 7.10. The number of likely N-dealkylation sites (tertiary alicyclic amines) is 1. The summed E-state index contributed by atoms with van der Waals surface area (Å²) in [5, 5.41) is 5.34. The lowest BCUT2D eigenvalue weighted by Crippen LogP contribution is -2.49. The maximum absolute atomic E-state index is 12.1. The number of thiophene rings is 1. The van der Waals surface area contributed by atoms with Gasteiger partial charge in [0.05, 0.1) is 24.5 Å². The van der Waals surface area contributed by atoms with E-state index in [4.69, 9.17) is 4.74 Å². The molecule has 4 aliphatic rings. The molecule has 5 heterocycles. The summed E-state index contributed by atoms with van der Waals surface area (Å²) in [6, 6.07) is 6.88. The van der Waals surface area contributed by atoms with E-state index in [9.17, 15) is 4.79 Å². The van der Waals surface area contributed by atoms with Crippen LogP contribution in [0.5, 0.6) is 5.75 Å². The van der Waals surface area contributed by atoms with Crippen molar-refractivity contribution in [3.8, 4) is 5.75 Å². The molecule has 0 unspecified atom stereocenters. The third-order valence-electron chi connectivity index (χ3n) is 6.79. The topological polar surface area (TPSA) is 44.8 Å². The largest absolute Gasteiger partial charge is 0.492 e. The number of hydrogen-bond acceptors (Lipinski definition) is 5. The molecule has 1 N–H and O–H groups in total. The number of nitrogens with zero attached hydrogens (tertiary/aromatic N) is 2. The number of carbonyl (C=O) groups excluding carboxylic acids is 1. The minimum Gasteiger partial charge on any atom is -0.492 e. The van der Waals surface area contributed by atoms with Crippen LogP contribution in [0, 0.1) is 0 Å². The van der Waals surface area contributed by atoms with E-state index in [1.54, 1.807) is 0 Å². The highest BCUT2D eigenvalue weighted by Crippen LogP contribution is 2.49. The number of amides is 1. The summed E-state index contributed by atoms with van der Waals surface area (Å²) in [6.07, 6.45) is 4.53. The van der Waals surface area contributed by atoms with Gasteiger partial charge >= 0.3 is 0 Å². The summed E-state index contributed by atoms with van der Waals surface area (Å²) in [4.78, 5) is 18.6. The number of rotatable bonds is 4. The van der Waals surface area contributed by atoms with Gasteiger partial charge in [-0.3, -0.25) is 4.79 Å². The van der Waals surface area contributed by atoms with Gasteiger partial charge in [-0.25, -0.2) is 0 Å². The smallest absolute Gasteiger partial charge is 0.243 e. The Morgan fingerprint density at radius 1 is 1.32 bits per heavy atom. The van der Waals surface area contributed by atoms with Gasteiger partial charge in [0.25, 0.3) is 0 Å². The van der Waals surface area contributed by atoms with E-state index in [2.05, 4.69) is 32.6 Å². The third kappa shape index (κ3) is 2.58. The second kappa shape index (κ2) is 6.49. The maximum Gasteiger partial charge on any atom is 0.243 e. The van der Waals surface area contributed by atoms with E-state index in [0.29, 0.717) is 18.5 Å². The Balaban J connectivity index is 1.14. The zero-order valence-electron chi connectivity index (χ0n) is 15.9. The highest BCUT2D eigenvalue weighted by Gasteiger charge is 2.45. The van der Waals surface area contributed by atoms with Crippen LogP contribution in [0.1, 0.15) is 34.8 Å². The minimum atomic E-state index is 0.124. The molecule has 0 aliphatic carbocycles. The van der Waals surface area contributed by atoms with Crippen molar-refractivity contribution in [1.82, 2.24) is 4.90 Å². The first-order valence-corrected chi connectivity index (χ1v) is 11.3. The van der Waals surface area contributed by atoms with Gasteiger partial charge in [-0.2, -0.15) is 0 Å². The SMILES string of the molecule is O=C1CN2c3c(cccc3[C@@H]3CN(CCCc4scc5c4OCC5)CC[C@@H]32)N1. The van der Waals surface area contributed by atoms with Gasteiger partial charge in [0.15, 0.2) is 0 Å². The first-order chi connectivity index (χ1) is 13.8. The average molecular weight is 396 g/mol. The lowest BCUT2D eigenvalue weighted by Gasteiger charge is -2.39. The van der Waals surface area contributed by atoms with Crippen molar-refractivity contribution < 1.29 is 9.53 Å². The van der Waals surface area contributed by atoms with Crippen molar-refractivity contribution in [2.24, 2.45) is 0 Å². The Morgan fingerprint density at radius 2 is 2.29 bits per heavy atom. The molecule has 0 spiro atoms. The number of piperidine rings is 1. The lowest BCUT2D eigenvalue weighted by atomic mass is 9.89. The molecule has 4 aliphatic heterocycles. The zero-order valence-corrected chi connectivity index (χ0v) is 16.8. The van der Waals surface area contributed by atoms with Gasteiger partial charge < -0.3 is 19.9 Å². The van der Waals surface area contributed by atoms with Crippen LogP contribution >= 0.6 is 11.3 Å². The molecule has 1 aromatic heterocycles. The van der Waals surface area contributed by atoms with Crippen molar-refractivity contribution in [3.63, 3.8) is 0 Å². The maximum atomic E-state index is 12.1. The molecule has 5 nitrogen and oxygen atoms in total. The second-order valence-corrected chi connectivity index (χ2v) is 9.36. The van der Waals surface area contributed by atoms with Gasteiger partial charge in [0.2, 0.25) is 5.91 Å². The van der Waals surface area contributed by atoms with E-state index < -0.39 is 0 Å². The van der Waals surface area contributed by atoms with Crippen LogP contribution in [-0.2, 0) is 17.6 Å². The Bertz CT molecular complexity index is 940. The number of hydrogen-bond donors (Lipinski definition) is 1. The monoisotopic (exact) mass is 395 g/mol. The number of ether oxygens (including phenoxy) is 1. The molecule has 1 amide bonds. The summed E-state index contributed by atoms with van der Waals surface area (Å²) in [5.74, 6) is 1.83. The molecule has 28 heavy (non-hydrogen) atoms. The van der Waals surface area contributed by atoms with Crippen molar-refractivity contribution in [2.45, 2.75) is 37.6 Å². The molecular formula is C22H25N3O2S. The number of fused-ring (bicyclic) bond motifs is 4. The number of para-hydroxylation sites is 1. The first kappa shape index (κ1) is 16.9. The summed E-state index contributed by atoms with van der Waals surface area (Å²) in [5.41, 5.74) is 5.12. The van der Waals surface area contributed by atoms with Crippen LogP contribution in [-0.4, -0.2) is 49.6 Å². The Labute approximate surface area is 169 Å². The van der Waals surface area contributed by atoms with Gasteiger partial charge in [-0.05, 0) is 42.8 Å². The van der Waals surface area contributed by atoms with E-state index >= 15 is 0 Å². The predicted molar refractivity (Wildman–Crippen MR) is 112 cm³/mol. The van der Waals surface area contributed by atoms with E-state index in [0.717, 1.165) is 51.2 Å². The molecule has 1 aromatic carbocycles. The van der Waals surface area contributed by atoms with Crippen LogP contribution in [0.4, 0.5) is 11.4 Å². The Morgan fingerprint density at radius 3 is 3.25 bits per heavy atom. The molecule has 1 saturated heterocycles. The fourth-order valence-electron chi connectivity index (χ4n) is 5.55. The van der Waals surface area contributed by atoms with Crippen molar-refractivity contribution in [3.05, 3.63) is 39.6 Å². The Hall–Kier alpha value is -2.05. The molecule has 2 aromatic rings. The normalized spacial score (nSPS) is 25.1. The van der Waals surface area contributed by atoms with Crippen LogP contribution in [0.15, 0.2) is 23.6 Å². The van der Waals surface area contributed by atoms with Crippen LogP contribution in [0.2, 0.25) is 0 Å². The standard InChI is InChI=1S/C22H25N3O2S/c26-20-12-25-18-6-9-24(8-2-5-19-22-14(13-28-19)7-10-27-22)11-16(18)15-3-1-4-17(23-20)21(15)25/h1,3-4,13,16,18H,2,5-12H2,(H,23,26)/t16-,18-/m0/s1. The molecule has 146 valence electrons. The van der Waals surface area contributed by atoms with E-state index in [-0.39, 0.29) is 5.91 Å². The predicted octanol–water partition coefficient (Wildman–Crippen LogP) is 3.25. The fraction of sp³-hybridized carbons (Fsp3) is 0.500. The molecule has 6 rings (SSSR count). The average Bonchev–Trinajstić information content (AvgIpc) is 3.38. The van der Waals surface area contributed by atoms with Crippen molar-refractivity contribution >= 4 is 28.6 Å². The van der Waals surface area contributed by atoms with Gasteiger partial charge in [-0.1, -0.05) is 12.1 Å². The van der Waals surface area contributed by atoms with E-state index in [1.165, 1.54) is 33.9 Å². The van der Waals surface area contributed by atoms with Gasteiger partial charge in [0.1, 0.15) is 5.75 Å². The number of aryl methyl sites for hydroxylation is 1. The minimum absolute atomic E-state index is 0.124.